The van der Waals surface area contributed by atoms with Gasteiger partial charge in [-0.15, -0.1) is 0 Å². The molecule has 2 rings (SSSR count). The Bertz CT molecular complexity index is 610. The van der Waals surface area contributed by atoms with Crippen molar-refractivity contribution in [2.24, 2.45) is 11.7 Å². The molecule has 0 aliphatic heterocycles. The number of methoxy groups -OCH3 is 1. The van der Waals surface area contributed by atoms with Crippen LogP contribution in [0.3, 0.4) is 0 Å². The zero-order valence-corrected chi connectivity index (χ0v) is 15.8. The third-order valence-corrected chi connectivity index (χ3v) is 5.32. The van der Waals surface area contributed by atoms with E-state index in [0.29, 0.717) is 25.3 Å². The fraction of sp³-hybridized carbons (Fsp3) is 0.556. The van der Waals surface area contributed by atoms with Crippen LogP contribution in [0.15, 0.2) is 22.7 Å². The van der Waals surface area contributed by atoms with Gasteiger partial charge in [-0.3, -0.25) is 4.79 Å². The topological polar surface area (TPSA) is 81.4 Å². The fourth-order valence-corrected chi connectivity index (χ4v) is 3.68. The number of hydrogen-bond acceptors (Lipinski definition) is 4. The van der Waals surface area contributed by atoms with Gasteiger partial charge in [0, 0.05) is 11.0 Å². The summed E-state index contributed by atoms with van der Waals surface area (Å²) in [6.45, 7) is 2.54. The summed E-state index contributed by atoms with van der Waals surface area (Å²) in [7, 11) is 1.37. The van der Waals surface area contributed by atoms with E-state index in [9.17, 15) is 9.59 Å². The maximum atomic E-state index is 12.6. The van der Waals surface area contributed by atoms with Crippen LogP contribution < -0.4 is 11.1 Å². The Morgan fingerprint density at radius 2 is 2.00 bits per heavy atom. The van der Waals surface area contributed by atoms with Crippen molar-refractivity contribution < 1.29 is 14.3 Å². The van der Waals surface area contributed by atoms with Crippen molar-refractivity contribution in [2.45, 2.75) is 51.1 Å². The molecule has 0 bridgehead atoms. The van der Waals surface area contributed by atoms with Gasteiger partial charge in [-0.25, -0.2) is 4.79 Å². The summed E-state index contributed by atoms with van der Waals surface area (Å²) in [4.78, 5) is 24.9. The Hall–Kier alpha value is -1.40. The van der Waals surface area contributed by atoms with Crippen LogP contribution in [0, 0.1) is 5.92 Å². The molecule has 1 saturated carbocycles. The van der Waals surface area contributed by atoms with E-state index in [1.54, 1.807) is 0 Å². The van der Waals surface area contributed by atoms with Crippen LogP contribution in [0.25, 0.3) is 0 Å². The molecule has 0 heterocycles. The lowest BCUT2D eigenvalue weighted by Gasteiger charge is -2.37. The third-order valence-electron chi connectivity index (χ3n) is 4.82. The predicted octanol–water partition coefficient (Wildman–Crippen LogP) is 2.69. The van der Waals surface area contributed by atoms with Crippen molar-refractivity contribution in [1.82, 2.24) is 5.32 Å². The van der Waals surface area contributed by atoms with E-state index < -0.39 is 5.54 Å². The van der Waals surface area contributed by atoms with Gasteiger partial charge in [0.05, 0.1) is 13.5 Å². The summed E-state index contributed by atoms with van der Waals surface area (Å²) in [5.41, 5.74) is 6.65. The summed E-state index contributed by atoms with van der Waals surface area (Å²) in [6.07, 6.45) is 3.24. The number of ether oxygens (including phenoxy) is 1. The lowest BCUT2D eigenvalue weighted by atomic mass is 9.77. The molecule has 1 aromatic carbocycles. The van der Waals surface area contributed by atoms with Gasteiger partial charge in [-0.2, -0.15) is 0 Å². The summed E-state index contributed by atoms with van der Waals surface area (Å²) < 4.78 is 5.86. The average molecular weight is 397 g/mol. The third kappa shape index (κ3) is 4.36. The Labute approximate surface area is 151 Å². The Kier molecular flexibility index (Phi) is 6.40. The quantitative estimate of drug-likeness (QED) is 0.749. The van der Waals surface area contributed by atoms with E-state index in [2.05, 4.69) is 28.2 Å². The fourth-order valence-electron chi connectivity index (χ4n) is 3.27. The molecule has 24 heavy (non-hydrogen) atoms. The number of carbonyl (C=O) groups is 2. The van der Waals surface area contributed by atoms with Crippen LogP contribution in [0.4, 0.5) is 0 Å². The van der Waals surface area contributed by atoms with Gasteiger partial charge >= 0.3 is 5.97 Å². The maximum absolute atomic E-state index is 12.6. The molecule has 3 N–H and O–H groups in total. The highest BCUT2D eigenvalue weighted by Crippen LogP contribution is 2.33. The van der Waals surface area contributed by atoms with Gasteiger partial charge in [0.25, 0.3) is 0 Å². The summed E-state index contributed by atoms with van der Waals surface area (Å²) in [5.74, 6) is 0.0346. The Morgan fingerprint density at radius 1 is 1.33 bits per heavy atom. The Balaban J connectivity index is 2.14. The first-order valence-corrected chi connectivity index (χ1v) is 9.06. The number of esters is 1. The van der Waals surface area contributed by atoms with Crippen LogP contribution in [0.5, 0.6) is 0 Å². The molecule has 1 aliphatic carbocycles. The minimum Gasteiger partial charge on any atom is -0.467 e. The molecule has 5 nitrogen and oxygen atoms in total. The molecule has 6 heteroatoms. The number of hydrogen-bond donors (Lipinski definition) is 2. The number of carbonyl (C=O) groups excluding carboxylic acids is 2. The van der Waals surface area contributed by atoms with E-state index in [1.807, 2.05) is 18.2 Å². The maximum Gasteiger partial charge on any atom is 0.331 e. The van der Waals surface area contributed by atoms with Gasteiger partial charge < -0.3 is 15.8 Å². The molecule has 0 atom stereocenters. The van der Waals surface area contributed by atoms with E-state index in [0.717, 1.165) is 28.4 Å². The molecule has 1 aliphatic rings. The van der Waals surface area contributed by atoms with Gasteiger partial charge in [-0.1, -0.05) is 28.9 Å². The van der Waals surface area contributed by atoms with Crippen molar-refractivity contribution >= 4 is 27.8 Å². The normalized spacial score (nSPS) is 23.6. The number of amides is 1. The molecule has 0 spiro atoms. The van der Waals surface area contributed by atoms with Gasteiger partial charge in [-0.05, 0) is 54.9 Å². The lowest BCUT2D eigenvalue weighted by molar-refractivity contribution is -0.153. The largest absolute Gasteiger partial charge is 0.467 e. The smallest absolute Gasteiger partial charge is 0.331 e. The van der Waals surface area contributed by atoms with Crippen LogP contribution in [-0.2, 0) is 27.3 Å². The van der Waals surface area contributed by atoms with Crippen LogP contribution >= 0.6 is 15.9 Å². The molecule has 1 amide bonds. The minimum atomic E-state index is -0.896. The van der Waals surface area contributed by atoms with Gasteiger partial charge in [0.2, 0.25) is 5.91 Å². The number of nitrogens with two attached hydrogens (primary N) is 1. The molecular weight excluding hydrogens is 372 g/mol. The molecule has 1 fully saturated rings. The Morgan fingerprint density at radius 3 is 2.58 bits per heavy atom. The van der Waals surface area contributed by atoms with Crippen LogP contribution in [0.1, 0.15) is 43.7 Å². The van der Waals surface area contributed by atoms with E-state index in [-0.39, 0.29) is 18.3 Å². The van der Waals surface area contributed by atoms with Crippen molar-refractivity contribution in [1.29, 1.82) is 0 Å². The first-order valence-electron chi connectivity index (χ1n) is 8.27. The number of benzene rings is 1. The highest BCUT2D eigenvalue weighted by Gasteiger charge is 2.43. The number of nitrogens with one attached hydrogen (secondary N) is 1. The first kappa shape index (κ1) is 18.9. The van der Waals surface area contributed by atoms with Gasteiger partial charge in [0.15, 0.2) is 0 Å². The predicted molar refractivity (Wildman–Crippen MR) is 96.3 cm³/mol. The first-order chi connectivity index (χ1) is 11.4. The lowest BCUT2D eigenvalue weighted by Crippen LogP contribution is -2.57. The summed E-state index contributed by atoms with van der Waals surface area (Å²) >= 11 is 3.42. The SMILES string of the molecule is COC(=O)C1(NC(=O)Cc2cc(Br)ccc2CN)CCC(C)CC1. The van der Waals surface area contributed by atoms with Crippen molar-refractivity contribution in [2.75, 3.05) is 7.11 Å². The molecular formula is C18H25BrN2O3. The second-order valence-corrected chi connectivity index (χ2v) is 7.51. The van der Waals surface area contributed by atoms with E-state index >= 15 is 0 Å². The van der Waals surface area contributed by atoms with Gasteiger partial charge in [0.1, 0.15) is 5.54 Å². The molecule has 1 aromatic rings. The molecule has 0 radical (unpaired) electrons. The second-order valence-electron chi connectivity index (χ2n) is 6.60. The molecule has 132 valence electrons. The van der Waals surface area contributed by atoms with Crippen molar-refractivity contribution in [3.8, 4) is 0 Å². The highest BCUT2D eigenvalue weighted by molar-refractivity contribution is 9.10. The number of halogens is 1. The number of rotatable bonds is 5. The molecule has 0 aromatic heterocycles. The molecule has 0 unspecified atom stereocenters. The highest BCUT2D eigenvalue weighted by atomic mass is 79.9. The van der Waals surface area contributed by atoms with E-state index in [4.69, 9.17) is 10.5 Å². The zero-order valence-electron chi connectivity index (χ0n) is 14.2. The zero-order chi connectivity index (χ0) is 17.7. The second kappa shape index (κ2) is 8.12. The van der Waals surface area contributed by atoms with Crippen molar-refractivity contribution in [3.63, 3.8) is 0 Å². The monoisotopic (exact) mass is 396 g/mol. The van der Waals surface area contributed by atoms with E-state index in [1.165, 1.54) is 7.11 Å². The minimum absolute atomic E-state index is 0.178. The molecule has 0 saturated heterocycles. The van der Waals surface area contributed by atoms with Crippen LogP contribution in [0.2, 0.25) is 0 Å². The van der Waals surface area contributed by atoms with Crippen molar-refractivity contribution in [3.05, 3.63) is 33.8 Å². The van der Waals surface area contributed by atoms with Crippen LogP contribution in [-0.4, -0.2) is 24.5 Å². The average Bonchev–Trinajstić information content (AvgIpc) is 2.56. The summed E-state index contributed by atoms with van der Waals surface area (Å²) in [5, 5.41) is 2.95. The summed E-state index contributed by atoms with van der Waals surface area (Å²) in [6, 6.07) is 5.71. The standard InChI is InChI=1S/C18H25BrN2O3/c1-12-5-7-18(8-6-12,17(23)24-2)21-16(22)10-14-9-15(19)4-3-13(14)11-20/h3-4,9,12H,5-8,10-11,20H2,1-2H3,(H,21,22).